The third-order valence-electron chi connectivity index (χ3n) is 4.98. The van der Waals surface area contributed by atoms with Gasteiger partial charge in [0.1, 0.15) is 5.69 Å². The molecule has 1 aliphatic heterocycles. The normalized spacial score (nSPS) is 15.5. The minimum Gasteiger partial charge on any atom is -0.493 e. The van der Waals surface area contributed by atoms with E-state index in [2.05, 4.69) is 0 Å². The molecule has 1 heterocycles. The Hall–Kier alpha value is -3.29. The zero-order chi connectivity index (χ0) is 20.3. The van der Waals surface area contributed by atoms with E-state index in [1.54, 1.807) is 32.4 Å². The molecule has 0 amide bonds. The van der Waals surface area contributed by atoms with Crippen molar-refractivity contribution in [1.29, 1.82) is 0 Å². The number of carbonyl (C=O) groups excluding carboxylic acids is 1. The largest absolute Gasteiger partial charge is 0.493 e. The fourth-order valence-corrected chi connectivity index (χ4v) is 3.64. The van der Waals surface area contributed by atoms with Crippen LogP contribution in [0.3, 0.4) is 0 Å². The fraction of sp³-hybridized carbons (Fsp3) is 0.350. The minimum absolute atomic E-state index is 0.00120. The van der Waals surface area contributed by atoms with Gasteiger partial charge in [-0.15, -0.1) is 0 Å². The number of rotatable bonds is 6. The number of carbonyl (C=O) groups is 1. The van der Waals surface area contributed by atoms with Crippen molar-refractivity contribution in [3.05, 3.63) is 57.6 Å². The van der Waals surface area contributed by atoms with Crippen molar-refractivity contribution in [3.63, 3.8) is 0 Å². The highest BCUT2D eigenvalue weighted by molar-refractivity contribution is 5.73. The van der Waals surface area contributed by atoms with Crippen LogP contribution in [0, 0.1) is 10.1 Å². The number of para-hydroxylation sites is 2. The van der Waals surface area contributed by atoms with Crippen LogP contribution in [0.1, 0.15) is 23.6 Å². The van der Waals surface area contributed by atoms with Gasteiger partial charge in [-0.1, -0.05) is 12.1 Å². The Labute approximate surface area is 162 Å². The zero-order valence-electron chi connectivity index (χ0n) is 16.0. The third kappa shape index (κ3) is 3.58. The Balaban J connectivity index is 2.13. The van der Waals surface area contributed by atoms with Gasteiger partial charge in [-0.05, 0) is 35.7 Å². The highest BCUT2D eigenvalue weighted by atomic mass is 16.6. The number of methoxy groups -OCH3 is 3. The Bertz CT molecular complexity index is 898. The van der Waals surface area contributed by atoms with E-state index in [4.69, 9.17) is 14.2 Å². The van der Waals surface area contributed by atoms with Crippen molar-refractivity contribution in [1.82, 2.24) is 0 Å². The molecule has 8 nitrogen and oxygen atoms in total. The van der Waals surface area contributed by atoms with Crippen molar-refractivity contribution < 1.29 is 23.9 Å². The first-order valence-electron chi connectivity index (χ1n) is 8.81. The number of hydrogen-bond donors (Lipinski definition) is 0. The Morgan fingerprint density at radius 3 is 2.50 bits per heavy atom. The smallest absolute Gasteiger partial charge is 0.307 e. The fourth-order valence-electron chi connectivity index (χ4n) is 3.64. The molecule has 8 heteroatoms. The lowest BCUT2D eigenvalue weighted by Gasteiger charge is -2.38. The van der Waals surface area contributed by atoms with Gasteiger partial charge in [0.05, 0.1) is 38.7 Å². The van der Waals surface area contributed by atoms with Gasteiger partial charge < -0.3 is 19.1 Å². The van der Waals surface area contributed by atoms with Crippen molar-refractivity contribution in [2.45, 2.75) is 18.9 Å². The van der Waals surface area contributed by atoms with Crippen LogP contribution in [0.15, 0.2) is 36.4 Å². The van der Waals surface area contributed by atoms with Crippen LogP contribution in [0.25, 0.3) is 0 Å². The summed E-state index contributed by atoms with van der Waals surface area (Å²) in [6, 6.07) is 9.86. The topological polar surface area (TPSA) is 91.1 Å². The van der Waals surface area contributed by atoms with Gasteiger partial charge in [0.2, 0.25) is 0 Å². The summed E-state index contributed by atoms with van der Waals surface area (Å²) in [5.41, 5.74) is 2.36. The molecule has 0 saturated heterocycles. The molecule has 148 valence electrons. The number of fused-ring (bicyclic) bond motifs is 1. The summed E-state index contributed by atoms with van der Waals surface area (Å²) in [4.78, 5) is 25.1. The van der Waals surface area contributed by atoms with Gasteiger partial charge in [0.15, 0.2) is 11.5 Å². The number of hydrogen-bond acceptors (Lipinski definition) is 7. The number of benzene rings is 2. The minimum atomic E-state index is -0.419. The first-order valence-corrected chi connectivity index (χ1v) is 8.81. The molecule has 1 aliphatic rings. The van der Waals surface area contributed by atoms with Crippen LogP contribution in [-0.2, 0) is 16.0 Å². The van der Waals surface area contributed by atoms with Crippen LogP contribution in [-0.4, -0.2) is 38.8 Å². The Morgan fingerprint density at radius 2 is 1.86 bits per heavy atom. The van der Waals surface area contributed by atoms with E-state index in [0.29, 0.717) is 30.2 Å². The van der Waals surface area contributed by atoms with E-state index in [1.165, 1.54) is 13.2 Å². The molecule has 0 aliphatic carbocycles. The molecule has 0 saturated carbocycles. The molecule has 0 aromatic heterocycles. The lowest BCUT2D eigenvalue weighted by molar-refractivity contribution is -0.384. The predicted molar refractivity (Wildman–Crippen MR) is 103 cm³/mol. The van der Waals surface area contributed by atoms with Gasteiger partial charge in [0.25, 0.3) is 5.69 Å². The molecule has 0 bridgehead atoms. The van der Waals surface area contributed by atoms with Gasteiger partial charge >= 0.3 is 5.97 Å². The first kappa shape index (κ1) is 19.5. The molecule has 0 spiro atoms. The maximum absolute atomic E-state index is 12.1. The molecule has 2 aromatic carbocycles. The van der Waals surface area contributed by atoms with Crippen molar-refractivity contribution in [3.8, 4) is 11.5 Å². The summed E-state index contributed by atoms with van der Waals surface area (Å²) in [6.45, 7) is 0.523. The number of ether oxygens (including phenoxy) is 3. The number of anilines is 1. The Kier molecular flexibility index (Phi) is 5.67. The van der Waals surface area contributed by atoms with Gasteiger partial charge in [0, 0.05) is 12.6 Å². The second-order valence-electron chi connectivity index (χ2n) is 6.39. The summed E-state index contributed by atoms with van der Waals surface area (Å²) in [5.74, 6) is 0.758. The molecule has 0 unspecified atom stereocenters. The van der Waals surface area contributed by atoms with E-state index < -0.39 is 16.9 Å². The first-order chi connectivity index (χ1) is 13.5. The Morgan fingerprint density at radius 1 is 1.18 bits per heavy atom. The number of nitro benzene ring substituents is 1. The summed E-state index contributed by atoms with van der Waals surface area (Å²) in [7, 11) is 4.44. The summed E-state index contributed by atoms with van der Waals surface area (Å²) in [6.07, 6.45) is 0.713. The van der Waals surface area contributed by atoms with Crippen LogP contribution >= 0.6 is 0 Å². The molecule has 2 aromatic rings. The van der Waals surface area contributed by atoms with E-state index in [9.17, 15) is 14.9 Å². The number of esters is 1. The number of nitro groups is 1. The highest BCUT2D eigenvalue weighted by Crippen LogP contribution is 2.43. The van der Waals surface area contributed by atoms with Crippen LogP contribution in [0.2, 0.25) is 0 Å². The molecule has 3 rings (SSSR count). The standard InChI is InChI=1S/C20H22N2O6/c1-26-18-10-13-8-9-21(15-6-4-5-7-16(15)22(24)25)17(12-20(23)28-3)14(13)11-19(18)27-2/h4-7,10-11,17H,8-9,12H2,1-3H3/t17-/m0/s1. The molecule has 1 atom stereocenters. The zero-order valence-corrected chi connectivity index (χ0v) is 16.0. The average molecular weight is 386 g/mol. The van der Waals surface area contributed by atoms with Gasteiger partial charge in [-0.3, -0.25) is 14.9 Å². The van der Waals surface area contributed by atoms with Crippen LogP contribution in [0.5, 0.6) is 11.5 Å². The van der Waals surface area contributed by atoms with Crippen LogP contribution < -0.4 is 14.4 Å². The quantitative estimate of drug-likeness (QED) is 0.427. The SMILES string of the molecule is COC(=O)C[C@H]1c2cc(OC)c(OC)cc2CCN1c1ccccc1[N+](=O)[O-]. The molecular weight excluding hydrogens is 364 g/mol. The predicted octanol–water partition coefficient (Wildman–Crippen LogP) is 3.28. The molecule has 0 radical (unpaired) electrons. The van der Waals surface area contributed by atoms with Gasteiger partial charge in [-0.25, -0.2) is 0 Å². The highest BCUT2D eigenvalue weighted by Gasteiger charge is 2.34. The second-order valence-corrected chi connectivity index (χ2v) is 6.39. The summed E-state index contributed by atoms with van der Waals surface area (Å²) < 4.78 is 15.7. The molecular formula is C20H22N2O6. The molecule has 0 N–H and O–H groups in total. The van der Waals surface area contributed by atoms with E-state index in [-0.39, 0.29) is 12.1 Å². The summed E-state index contributed by atoms with van der Waals surface area (Å²) in [5, 5.41) is 11.5. The van der Waals surface area contributed by atoms with Gasteiger partial charge in [-0.2, -0.15) is 0 Å². The van der Waals surface area contributed by atoms with E-state index >= 15 is 0 Å². The van der Waals surface area contributed by atoms with Crippen molar-refractivity contribution in [2.24, 2.45) is 0 Å². The lowest BCUT2D eigenvalue weighted by atomic mass is 9.89. The summed E-state index contributed by atoms with van der Waals surface area (Å²) >= 11 is 0. The second kappa shape index (κ2) is 8.16. The maximum atomic E-state index is 12.1. The van der Waals surface area contributed by atoms with Crippen molar-refractivity contribution in [2.75, 3.05) is 32.8 Å². The average Bonchev–Trinajstić information content (AvgIpc) is 2.72. The monoisotopic (exact) mass is 386 g/mol. The number of nitrogens with zero attached hydrogens (tertiary/aromatic N) is 2. The molecule has 28 heavy (non-hydrogen) atoms. The molecule has 0 fully saturated rings. The van der Waals surface area contributed by atoms with E-state index in [0.717, 1.165) is 11.1 Å². The maximum Gasteiger partial charge on any atom is 0.307 e. The lowest BCUT2D eigenvalue weighted by Crippen LogP contribution is -2.37. The van der Waals surface area contributed by atoms with E-state index in [1.807, 2.05) is 17.0 Å². The van der Waals surface area contributed by atoms with Crippen molar-refractivity contribution >= 4 is 17.3 Å². The van der Waals surface area contributed by atoms with Crippen LogP contribution in [0.4, 0.5) is 11.4 Å². The third-order valence-corrected chi connectivity index (χ3v) is 4.98.